The molecule has 0 bridgehead atoms. The second-order valence-corrected chi connectivity index (χ2v) is 9.95. The first kappa shape index (κ1) is 22.6. The van der Waals surface area contributed by atoms with Crippen molar-refractivity contribution in [3.8, 4) is 11.3 Å². The maximum Gasteiger partial charge on any atom is 0.265 e. The Morgan fingerprint density at radius 2 is 1.73 bits per heavy atom. The molecule has 9 nitrogen and oxygen atoms in total. The first-order valence-corrected chi connectivity index (χ1v) is 12.6. The Hall–Kier alpha value is -3.54. The van der Waals surface area contributed by atoms with Gasteiger partial charge in [-0.2, -0.15) is 0 Å². The Morgan fingerprint density at radius 1 is 1.00 bits per heavy atom. The maximum absolute atomic E-state index is 12.8. The highest BCUT2D eigenvalue weighted by molar-refractivity contribution is 7.92. The van der Waals surface area contributed by atoms with E-state index in [2.05, 4.69) is 30.3 Å². The lowest BCUT2D eigenvalue weighted by molar-refractivity contribution is 0.103. The SMILES string of the molecule is CS(=O)(=O)Nc1cc(Cl)cc(NC(=O)c2cc(-c3ncccc3Nc3ncccn3)cs2)c1. The molecule has 4 aromatic rings. The number of carbonyl (C=O) groups excluding carboxylic acids is 1. The quantitative estimate of drug-likeness (QED) is 0.338. The summed E-state index contributed by atoms with van der Waals surface area (Å²) in [5.41, 5.74) is 2.69. The minimum Gasteiger partial charge on any atom is -0.322 e. The van der Waals surface area contributed by atoms with Gasteiger partial charge in [-0.25, -0.2) is 18.4 Å². The summed E-state index contributed by atoms with van der Waals surface area (Å²) in [6.45, 7) is 0. The molecule has 3 heterocycles. The number of aromatic nitrogens is 3. The second-order valence-electron chi connectivity index (χ2n) is 6.85. The molecular formula is C21H17ClN6O3S2. The van der Waals surface area contributed by atoms with E-state index in [0.717, 1.165) is 11.8 Å². The molecule has 33 heavy (non-hydrogen) atoms. The van der Waals surface area contributed by atoms with E-state index in [1.54, 1.807) is 36.8 Å². The Morgan fingerprint density at radius 3 is 2.48 bits per heavy atom. The molecule has 0 aliphatic heterocycles. The van der Waals surface area contributed by atoms with Crippen LogP contribution >= 0.6 is 22.9 Å². The fraction of sp³-hybridized carbons (Fsp3) is 0.0476. The largest absolute Gasteiger partial charge is 0.322 e. The third-order valence-electron chi connectivity index (χ3n) is 4.18. The molecule has 0 spiro atoms. The molecule has 12 heteroatoms. The van der Waals surface area contributed by atoms with Gasteiger partial charge >= 0.3 is 0 Å². The van der Waals surface area contributed by atoms with Gasteiger partial charge in [0.2, 0.25) is 16.0 Å². The fourth-order valence-electron chi connectivity index (χ4n) is 2.93. The van der Waals surface area contributed by atoms with Gasteiger partial charge in [-0.05, 0) is 42.5 Å². The van der Waals surface area contributed by atoms with E-state index in [9.17, 15) is 13.2 Å². The average Bonchev–Trinajstić information content (AvgIpc) is 3.23. The third kappa shape index (κ3) is 6.04. The summed E-state index contributed by atoms with van der Waals surface area (Å²) in [5.74, 6) is 0.0649. The van der Waals surface area contributed by atoms with E-state index >= 15 is 0 Å². The van der Waals surface area contributed by atoms with Crippen molar-refractivity contribution in [3.05, 3.63) is 76.3 Å². The molecule has 0 aliphatic rings. The van der Waals surface area contributed by atoms with E-state index < -0.39 is 10.0 Å². The number of hydrogen-bond acceptors (Lipinski definition) is 8. The van der Waals surface area contributed by atoms with Crippen molar-refractivity contribution in [2.75, 3.05) is 21.6 Å². The van der Waals surface area contributed by atoms with Crippen molar-refractivity contribution < 1.29 is 13.2 Å². The molecular weight excluding hydrogens is 484 g/mol. The Balaban J connectivity index is 1.55. The zero-order valence-corrected chi connectivity index (χ0v) is 19.5. The smallest absolute Gasteiger partial charge is 0.265 e. The number of nitrogens with one attached hydrogen (secondary N) is 3. The Bertz CT molecular complexity index is 1410. The van der Waals surface area contributed by atoms with Gasteiger partial charge in [-0.3, -0.25) is 14.5 Å². The summed E-state index contributed by atoms with van der Waals surface area (Å²) in [7, 11) is -3.49. The number of hydrogen-bond donors (Lipinski definition) is 3. The number of nitrogens with zero attached hydrogens (tertiary/aromatic N) is 3. The third-order valence-corrected chi connectivity index (χ3v) is 5.93. The average molecular weight is 501 g/mol. The van der Waals surface area contributed by atoms with Gasteiger partial charge in [0, 0.05) is 40.2 Å². The van der Waals surface area contributed by atoms with Crippen LogP contribution in [0.4, 0.5) is 23.0 Å². The van der Waals surface area contributed by atoms with E-state index in [-0.39, 0.29) is 16.6 Å². The van der Waals surface area contributed by atoms with Crippen LogP contribution in [-0.4, -0.2) is 35.5 Å². The van der Waals surface area contributed by atoms with Gasteiger partial charge in [0.1, 0.15) is 0 Å². The number of thiophene rings is 1. The molecule has 0 saturated carbocycles. The number of amides is 1. The van der Waals surface area contributed by atoms with Crippen LogP contribution in [0.1, 0.15) is 9.67 Å². The summed E-state index contributed by atoms with van der Waals surface area (Å²) in [5, 5.41) is 7.97. The van der Waals surface area contributed by atoms with Crippen LogP contribution in [0.2, 0.25) is 5.02 Å². The zero-order chi connectivity index (χ0) is 23.4. The van der Waals surface area contributed by atoms with Gasteiger partial charge in [-0.15, -0.1) is 11.3 Å². The van der Waals surface area contributed by atoms with Crippen molar-refractivity contribution in [3.63, 3.8) is 0 Å². The number of carbonyl (C=O) groups is 1. The van der Waals surface area contributed by atoms with Crippen molar-refractivity contribution in [2.24, 2.45) is 0 Å². The number of halogens is 1. The van der Waals surface area contributed by atoms with Gasteiger partial charge in [0.05, 0.1) is 28.2 Å². The lowest BCUT2D eigenvalue weighted by atomic mass is 10.1. The van der Waals surface area contributed by atoms with Crippen molar-refractivity contribution >= 4 is 61.9 Å². The highest BCUT2D eigenvalue weighted by Gasteiger charge is 2.15. The maximum atomic E-state index is 12.8. The van der Waals surface area contributed by atoms with E-state index in [1.807, 2.05) is 11.4 Å². The molecule has 0 fully saturated rings. The summed E-state index contributed by atoms with van der Waals surface area (Å²) in [6.07, 6.45) is 5.95. The van der Waals surface area contributed by atoms with Crippen LogP contribution in [0, 0.1) is 0 Å². The standard InChI is InChI=1S/C21H17ClN6O3S2/c1-33(30,31)28-16-10-14(22)9-15(11-16)26-20(29)18-8-13(12-32-18)19-17(4-2-5-23-19)27-21-24-6-3-7-25-21/h2-12,28H,1H3,(H,26,29)(H,24,25,27). The van der Waals surface area contributed by atoms with Gasteiger partial charge in [0.15, 0.2) is 0 Å². The number of benzene rings is 1. The molecule has 1 aromatic carbocycles. The molecule has 0 radical (unpaired) electrons. The minimum absolute atomic E-state index is 0.250. The van der Waals surface area contributed by atoms with Crippen molar-refractivity contribution in [1.29, 1.82) is 0 Å². The topological polar surface area (TPSA) is 126 Å². The van der Waals surface area contributed by atoms with E-state index in [0.29, 0.717) is 27.9 Å². The molecule has 0 aliphatic carbocycles. The molecule has 3 aromatic heterocycles. The summed E-state index contributed by atoms with van der Waals surface area (Å²) in [6, 6.07) is 11.5. The summed E-state index contributed by atoms with van der Waals surface area (Å²) < 4.78 is 25.3. The minimum atomic E-state index is -3.49. The lowest BCUT2D eigenvalue weighted by Gasteiger charge is -2.09. The van der Waals surface area contributed by atoms with E-state index in [1.165, 1.54) is 29.5 Å². The van der Waals surface area contributed by atoms with Crippen molar-refractivity contribution in [1.82, 2.24) is 15.0 Å². The van der Waals surface area contributed by atoms with Crippen LogP contribution in [0.3, 0.4) is 0 Å². The van der Waals surface area contributed by atoms with Crippen LogP contribution in [0.15, 0.2) is 66.4 Å². The highest BCUT2D eigenvalue weighted by Crippen LogP contribution is 2.31. The summed E-state index contributed by atoms with van der Waals surface area (Å²) >= 11 is 7.32. The zero-order valence-electron chi connectivity index (χ0n) is 17.1. The lowest BCUT2D eigenvalue weighted by Crippen LogP contribution is -2.12. The summed E-state index contributed by atoms with van der Waals surface area (Å²) in [4.78, 5) is 26.0. The monoisotopic (exact) mass is 500 g/mol. The molecule has 4 rings (SSSR count). The molecule has 1 amide bonds. The Kier molecular flexibility index (Phi) is 6.54. The van der Waals surface area contributed by atoms with E-state index in [4.69, 9.17) is 11.6 Å². The number of rotatable bonds is 7. The first-order valence-electron chi connectivity index (χ1n) is 9.44. The second kappa shape index (κ2) is 9.53. The van der Waals surface area contributed by atoms with Crippen LogP contribution < -0.4 is 15.4 Å². The van der Waals surface area contributed by atoms with Crippen LogP contribution in [0.5, 0.6) is 0 Å². The molecule has 168 valence electrons. The predicted octanol–water partition coefficient (Wildman–Crippen LogP) is 4.62. The van der Waals surface area contributed by atoms with Gasteiger partial charge < -0.3 is 10.6 Å². The fourth-order valence-corrected chi connectivity index (χ4v) is 4.50. The number of pyridine rings is 1. The van der Waals surface area contributed by atoms with Crippen LogP contribution in [-0.2, 0) is 10.0 Å². The molecule has 3 N–H and O–H groups in total. The number of anilines is 4. The molecule has 0 saturated heterocycles. The predicted molar refractivity (Wildman–Crippen MR) is 131 cm³/mol. The van der Waals surface area contributed by atoms with Crippen molar-refractivity contribution in [2.45, 2.75) is 0 Å². The van der Waals surface area contributed by atoms with Crippen LogP contribution in [0.25, 0.3) is 11.3 Å². The number of sulfonamides is 1. The highest BCUT2D eigenvalue weighted by atomic mass is 35.5. The normalized spacial score (nSPS) is 11.1. The van der Waals surface area contributed by atoms with Gasteiger partial charge in [-0.1, -0.05) is 11.6 Å². The first-order chi connectivity index (χ1) is 15.8. The molecule has 0 atom stereocenters. The van der Waals surface area contributed by atoms with Gasteiger partial charge in [0.25, 0.3) is 5.91 Å². The molecule has 0 unspecified atom stereocenters. The Labute approximate surface area is 199 Å².